The van der Waals surface area contributed by atoms with Crippen molar-refractivity contribution in [2.45, 2.75) is 0 Å². The normalized spacial score (nSPS) is 12.2. The standard InChI is InChI=1S/C67H34N6S3/c1-69-58-50(35-68)59(71-51-22-8-2-16-38(51)44-28-31-47-41-19-5-11-25-54(41)74-65(47)60(44)71)57(37-15-14-34-70-36-37)63(72-52-23-9-3-17-39(52)45-29-32-48-42-20-6-12-26-55(42)75-66(48)61(45)72)64(58)73-53-24-10-4-18-40(53)46-30-33-49-43-21-7-13-27-56(43)76-67(49)62(46)73/h2-34,36H. The minimum Gasteiger partial charge on any atom is -0.316 e. The van der Waals surface area contributed by atoms with Crippen LogP contribution in [0.3, 0.4) is 0 Å². The van der Waals surface area contributed by atoms with E-state index in [1.54, 1.807) is 34.0 Å². The van der Waals surface area contributed by atoms with Crippen molar-refractivity contribution in [3.63, 3.8) is 0 Å². The topological polar surface area (TPSA) is 55.8 Å². The van der Waals surface area contributed by atoms with E-state index >= 15 is 0 Å². The predicted octanol–water partition coefficient (Wildman–Crippen LogP) is 19.6. The first-order chi connectivity index (χ1) is 37.7. The van der Waals surface area contributed by atoms with Crippen molar-refractivity contribution in [3.05, 3.63) is 223 Å². The Hall–Kier alpha value is -9.61. The van der Waals surface area contributed by atoms with Gasteiger partial charge in [0.25, 0.3) is 0 Å². The fourth-order valence-electron chi connectivity index (χ4n) is 12.7. The summed E-state index contributed by atoms with van der Waals surface area (Å²) in [6.45, 7) is 9.71. The molecule has 0 fully saturated rings. The van der Waals surface area contributed by atoms with Gasteiger partial charge in [-0.2, -0.15) is 5.26 Å². The van der Waals surface area contributed by atoms with Crippen LogP contribution in [0.15, 0.2) is 207 Å². The molecule has 7 aromatic heterocycles. The number of nitriles is 1. The van der Waals surface area contributed by atoms with Crippen molar-refractivity contribution < 1.29 is 0 Å². The second kappa shape index (κ2) is 15.5. The number of pyridine rings is 1. The number of hydrogen-bond acceptors (Lipinski definition) is 5. The monoisotopic (exact) mass is 1020 g/mol. The summed E-state index contributed by atoms with van der Waals surface area (Å²) in [5.74, 6) is 0. The third kappa shape index (κ3) is 5.38. The zero-order valence-corrected chi connectivity index (χ0v) is 42.5. The molecule has 0 aliphatic heterocycles. The van der Waals surface area contributed by atoms with Crippen LogP contribution in [0.4, 0.5) is 5.69 Å². The molecule has 0 N–H and O–H groups in total. The van der Waals surface area contributed by atoms with Crippen LogP contribution in [0.1, 0.15) is 5.56 Å². The van der Waals surface area contributed by atoms with Crippen molar-refractivity contribution in [3.8, 4) is 34.3 Å². The van der Waals surface area contributed by atoms with Crippen molar-refractivity contribution in [1.82, 2.24) is 18.7 Å². The van der Waals surface area contributed by atoms with Crippen molar-refractivity contribution in [2.75, 3.05) is 0 Å². The zero-order chi connectivity index (χ0) is 49.9. The molecule has 350 valence electrons. The number of benzene rings is 10. The molecule has 6 nitrogen and oxygen atoms in total. The van der Waals surface area contributed by atoms with Gasteiger partial charge in [-0.15, -0.1) is 34.0 Å². The molecule has 9 heteroatoms. The van der Waals surface area contributed by atoms with Crippen LogP contribution < -0.4 is 0 Å². The largest absolute Gasteiger partial charge is 0.316 e. The van der Waals surface area contributed by atoms with Crippen LogP contribution >= 0.6 is 34.0 Å². The van der Waals surface area contributed by atoms with Crippen LogP contribution in [0, 0.1) is 17.9 Å². The highest BCUT2D eigenvalue weighted by atomic mass is 32.1. The summed E-state index contributed by atoms with van der Waals surface area (Å²) in [4.78, 5) is 9.60. The molecular weight excluding hydrogens is 985 g/mol. The van der Waals surface area contributed by atoms with Crippen molar-refractivity contribution >= 4 is 166 Å². The summed E-state index contributed by atoms with van der Waals surface area (Å²) in [5.41, 5.74) is 10.1. The summed E-state index contributed by atoms with van der Waals surface area (Å²) < 4.78 is 14.1. The molecule has 0 radical (unpaired) electrons. The van der Waals surface area contributed by atoms with E-state index in [0.29, 0.717) is 11.4 Å². The van der Waals surface area contributed by atoms with Crippen molar-refractivity contribution in [2.24, 2.45) is 0 Å². The number of nitrogens with zero attached hydrogens (tertiary/aromatic N) is 6. The average molecular weight is 1020 g/mol. The first-order valence-electron chi connectivity index (χ1n) is 25.1. The van der Waals surface area contributed by atoms with Gasteiger partial charge in [-0.25, -0.2) is 4.85 Å². The highest BCUT2D eigenvalue weighted by Crippen LogP contribution is 2.55. The minimum absolute atomic E-state index is 0.268. The fraction of sp³-hybridized carbons (Fsp3) is 0. The van der Waals surface area contributed by atoms with E-state index in [0.717, 1.165) is 107 Å². The Bertz CT molecular complexity index is 5510. The van der Waals surface area contributed by atoms with E-state index in [-0.39, 0.29) is 11.3 Å². The van der Waals surface area contributed by atoms with E-state index in [4.69, 9.17) is 9.83 Å². The molecular formula is C67H34N6S3. The van der Waals surface area contributed by atoms with Gasteiger partial charge in [0.2, 0.25) is 5.69 Å². The second-order valence-corrected chi connectivity index (χ2v) is 22.6. The van der Waals surface area contributed by atoms with E-state index in [2.05, 4.69) is 208 Å². The molecule has 0 amide bonds. The van der Waals surface area contributed by atoms with Gasteiger partial charge in [-0.05, 0) is 42.5 Å². The summed E-state index contributed by atoms with van der Waals surface area (Å²) in [7, 11) is 0. The molecule has 0 saturated carbocycles. The summed E-state index contributed by atoms with van der Waals surface area (Å²) in [6.07, 6.45) is 3.75. The first kappa shape index (κ1) is 41.8. The molecule has 0 aliphatic carbocycles. The third-order valence-corrected chi connectivity index (χ3v) is 19.4. The van der Waals surface area contributed by atoms with Gasteiger partial charge < -0.3 is 13.7 Å². The van der Waals surface area contributed by atoms with Crippen LogP contribution in [0.25, 0.3) is 159 Å². The van der Waals surface area contributed by atoms with Crippen LogP contribution in [0.5, 0.6) is 0 Å². The first-order valence-corrected chi connectivity index (χ1v) is 27.6. The molecule has 0 aliphatic rings. The lowest BCUT2D eigenvalue weighted by atomic mass is 9.94. The number of aromatic nitrogens is 4. The number of hydrogen-bond donors (Lipinski definition) is 0. The minimum atomic E-state index is 0.268. The lowest BCUT2D eigenvalue weighted by molar-refractivity contribution is 1.08. The number of thiophene rings is 3. The molecule has 0 unspecified atom stereocenters. The zero-order valence-electron chi connectivity index (χ0n) is 40.0. The number of fused-ring (bicyclic) bond motifs is 21. The molecule has 0 bridgehead atoms. The van der Waals surface area contributed by atoms with Crippen LogP contribution in [-0.2, 0) is 0 Å². The van der Waals surface area contributed by atoms with Gasteiger partial charge in [0.15, 0.2) is 0 Å². The third-order valence-electron chi connectivity index (χ3n) is 15.8. The lowest BCUT2D eigenvalue weighted by Gasteiger charge is -2.27. The van der Waals surface area contributed by atoms with Gasteiger partial charge in [-0.1, -0.05) is 152 Å². The Morgan fingerprint density at radius 3 is 1.18 bits per heavy atom. The van der Waals surface area contributed by atoms with Gasteiger partial charge in [0, 0.05) is 102 Å². The fourth-order valence-corrected chi connectivity index (χ4v) is 16.5. The molecule has 0 atom stereocenters. The molecule has 17 aromatic rings. The van der Waals surface area contributed by atoms with Gasteiger partial charge in [-0.3, -0.25) is 4.98 Å². The van der Waals surface area contributed by atoms with E-state index in [1.807, 2.05) is 18.5 Å². The van der Waals surface area contributed by atoms with Gasteiger partial charge in [0.1, 0.15) is 0 Å². The molecule has 0 spiro atoms. The van der Waals surface area contributed by atoms with E-state index < -0.39 is 0 Å². The van der Waals surface area contributed by atoms with Crippen molar-refractivity contribution in [1.29, 1.82) is 5.26 Å². The highest BCUT2D eigenvalue weighted by Gasteiger charge is 2.35. The maximum Gasteiger partial charge on any atom is 0.232 e. The van der Waals surface area contributed by atoms with E-state index in [1.165, 1.54) is 35.6 Å². The maximum absolute atomic E-state index is 12.3. The second-order valence-electron chi connectivity index (χ2n) is 19.5. The SMILES string of the molecule is [C-]#[N+]c1c(C#N)c(-n2c3ccccc3c3ccc4c5ccccc5sc4c32)c(-c2cccnc2)c(-n2c3ccccc3c3ccc4c5ccccc5sc4c32)c1-n1c2ccccc2c2ccc3c4ccccc4sc3c21. The quantitative estimate of drug-likeness (QED) is 0.165. The predicted molar refractivity (Wildman–Crippen MR) is 322 cm³/mol. The smallest absolute Gasteiger partial charge is 0.232 e. The summed E-state index contributed by atoms with van der Waals surface area (Å²) in [6, 6.07) is 72.2. The molecule has 7 heterocycles. The van der Waals surface area contributed by atoms with Gasteiger partial charge >= 0.3 is 0 Å². The number of rotatable bonds is 4. The van der Waals surface area contributed by atoms with Crippen LogP contribution in [-0.4, -0.2) is 18.7 Å². The Balaban J connectivity index is 1.20. The molecule has 76 heavy (non-hydrogen) atoms. The number of para-hydroxylation sites is 3. The summed E-state index contributed by atoms with van der Waals surface area (Å²) in [5, 5.41) is 25.8. The molecule has 17 rings (SSSR count). The lowest BCUT2D eigenvalue weighted by Crippen LogP contribution is -2.12. The van der Waals surface area contributed by atoms with Gasteiger partial charge in [0.05, 0.1) is 82.5 Å². The Morgan fingerprint density at radius 2 is 0.776 bits per heavy atom. The van der Waals surface area contributed by atoms with Crippen LogP contribution in [0.2, 0.25) is 0 Å². The Kier molecular flexibility index (Phi) is 8.51. The molecule has 10 aromatic carbocycles. The summed E-state index contributed by atoms with van der Waals surface area (Å²) >= 11 is 5.35. The Labute approximate surface area is 444 Å². The Morgan fingerprint density at radius 1 is 0.395 bits per heavy atom. The maximum atomic E-state index is 12.3. The average Bonchev–Trinajstić information content (AvgIpc) is 4.50. The molecule has 0 saturated heterocycles. The van der Waals surface area contributed by atoms with E-state index in [9.17, 15) is 11.8 Å². The highest BCUT2D eigenvalue weighted by molar-refractivity contribution is 7.27.